The Balaban J connectivity index is 1.45. The highest BCUT2D eigenvalue weighted by atomic mass is 32.1. The minimum absolute atomic E-state index is 0.196. The summed E-state index contributed by atoms with van der Waals surface area (Å²) in [6.07, 6.45) is 1.88. The Kier molecular flexibility index (Phi) is 5.31. The van der Waals surface area contributed by atoms with E-state index in [4.69, 9.17) is 10.2 Å². The summed E-state index contributed by atoms with van der Waals surface area (Å²) >= 11 is 1.67. The van der Waals surface area contributed by atoms with E-state index in [-0.39, 0.29) is 18.4 Å². The molecule has 5 rings (SSSR count). The quantitative estimate of drug-likeness (QED) is 0.465. The average Bonchev–Trinajstić information content (AvgIpc) is 3.49. The lowest BCUT2D eigenvalue weighted by molar-refractivity contribution is -0.130. The zero-order valence-electron chi connectivity index (χ0n) is 17.6. The molecule has 0 radical (unpaired) electrons. The molecule has 0 aliphatic carbocycles. The highest BCUT2D eigenvalue weighted by Gasteiger charge is 2.43. The lowest BCUT2D eigenvalue weighted by atomic mass is 9.73. The molecule has 5 nitrogen and oxygen atoms in total. The Morgan fingerprint density at radius 2 is 1.88 bits per heavy atom. The van der Waals surface area contributed by atoms with Gasteiger partial charge < -0.3 is 15.1 Å². The summed E-state index contributed by atoms with van der Waals surface area (Å²) in [4.78, 5) is 28.9. The number of carbonyl (C=O) groups is 2. The van der Waals surface area contributed by atoms with Gasteiger partial charge in [0.15, 0.2) is 5.76 Å². The number of para-hydroxylation sites is 1. The van der Waals surface area contributed by atoms with Crippen molar-refractivity contribution >= 4 is 34.1 Å². The number of thiophene rings is 1. The third-order valence-electron chi connectivity index (χ3n) is 6.36. The van der Waals surface area contributed by atoms with Gasteiger partial charge in [0.05, 0.1) is 5.41 Å². The Morgan fingerprint density at radius 3 is 2.66 bits per heavy atom. The maximum atomic E-state index is 13.3. The first-order valence-corrected chi connectivity index (χ1v) is 11.6. The molecule has 0 saturated carbocycles. The smallest absolute Gasteiger partial charge is 0.289 e. The number of carbonyl (C=O) groups excluding carboxylic acids is 2. The minimum Gasteiger partial charge on any atom is -0.451 e. The van der Waals surface area contributed by atoms with Crippen LogP contribution >= 0.6 is 11.3 Å². The highest BCUT2D eigenvalue weighted by molar-refractivity contribution is 7.13. The normalized spacial score (nSPS) is 18.7. The molecular formula is C26H24N2O3S. The van der Waals surface area contributed by atoms with Crippen molar-refractivity contribution in [2.75, 3.05) is 13.1 Å². The van der Waals surface area contributed by atoms with Crippen LogP contribution in [0.5, 0.6) is 0 Å². The number of nitrogens with zero attached hydrogens (tertiary/aromatic N) is 1. The van der Waals surface area contributed by atoms with E-state index in [9.17, 15) is 9.59 Å². The van der Waals surface area contributed by atoms with Gasteiger partial charge in [0.25, 0.3) is 5.91 Å². The largest absolute Gasteiger partial charge is 0.451 e. The van der Waals surface area contributed by atoms with Gasteiger partial charge in [-0.15, -0.1) is 11.3 Å². The van der Waals surface area contributed by atoms with Gasteiger partial charge in [0, 0.05) is 23.4 Å². The summed E-state index contributed by atoms with van der Waals surface area (Å²) in [5.74, 6) is -0.260. The summed E-state index contributed by atoms with van der Waals surface area (Å²) < 4.78 is 5.79. The molecule has 2 N–H and O–H groups in total. The zero-order valence-corrected chi connectivity index (χ0v) is 18.4. The fourth-order valence-electron chi connectivity index (χ4n) is 4.69. The predicted octanol–water partition coefficient (Wildman–Crippen LogP) is 5.11. The van der Waals surface area contributed by atoms with Crippen LogP contribution in [0.1, 0.15) is 29.0 Å². The number of fused-ring (bicyclic) bond motifs is 1. The number of likely N-dealkylation sites (tertiary alicyclic amines) is 1. The van der Waals surface area contributed by atoms with Gasteiger partial charge in [-0.3, -0.25) is 9.59 Å². The number of rotatable bonds is 5. The second-order valence-electron chi connectivity index (χ2n) is 8.43. The molecule has 1 aliphatic rings. The van der Waals surface area contributed by atoms with Crippen molar-refractivity contribution < 1.29 is 14.0 Å². The number of amides is 2. The van der Waals surface area contributed by atoms with E-state index in [1.54, 1.807) is 22.3 Å². The van der Waals surface area contributed by atoms with Crippen LogP contribution in [0.15, 0.2) is 76.5 Å². The van der Waals surface area contributed by atoms with Crippen molar-refractivity contribution in [3.05, 3.63) is 83.4 Å². The number of hydrogen-bond acceptors (Lipinski definition) is 4. The standard InChI is InChI=1S/C26H24N2O3S/c27-25(30)26(16-19-8-1-3-9-20(19)23-11-5-14-32-23)12-6-13-28(17-26)24(29)22-15-18-7-2-4-10-21(18)31-22/h1-5,7-11,14-15H,6,12-13,16-17H2,(H2,27,30). The molecule has 32 heavy (non-hydrogen) atoms. The van der Waals surface area contributed by atoms with Crippen LogP contribution in [0.4, 0.5) is 0 Å². The summed E-state index contributed by atoms with van der Waals surface area (Å²) in [7, 11) is 0. The molecule has 1 saturated heterocycles. The van der Waals surface area contributed by atoms with Gasteiger partial charge >= 0.3 is 0 Å². The molecule has 6 heteroatoms. The summed E-state index contributed by atoms with van der Waals surface area (Å²) in [6.45, 7) is 0.870. The minimum atomic E-state index is -0.812. The molecule has 2 aromatic carbocycles. The predicted molar refractivity (Wildman–Crippen MR) is 126 cm³/mol. The van der Waals surface area contributed by atoms with Crippen molar-refractivity contribution in [1.82, 2.24) is 4.90 Å². The van der Waals surface area contributed by atoms with E-state index >= 15 is 0 Å². The first kappa shape index (κ1) is 20.5. The van der Waals surface area contributed by atoms with Crippen LogP contribution < -0.4 is 5.73 Å². The van der Waals surface area contributed by atoms with Crippen LogP contribution in [-0.4, -0.2) is 29.8 Å². The molecule has 2 amide bonds. The van der Waals surface area contributed by atoms with E-state index in [0.717, 1.165) is 27.8 Å². The van der Waals surface area contributed by atoms with E-state index in [1.807, 2.05) is 47.8 Å². The van der Waals surface area contributed by atoms with E-state index in [1.165, 1.54) is 0 Å². The first-order valence-electron chi connectivity index (χ1n) is 10.8. The van der Waals surface area contributed by atoms with Gasteiger partial charge in [0.2, 0.25) is 5.91 Å². The zero-order chi connectivity index (χ0) is 22.1. The van der Waals surface area contributed by atoms with Crippen LogP contribution in [0.3, 0.4) is 0 Å². The van der Waals surface area contributed by atoms with Gasteiger partial charge in [-0.2, -0.15) is 0 Å². The lowest BCUT2D eigenvalue weighted by Gasteiger charge is -2.40. The molecule has 4 aromatic rings. The van der Waals surface area contributed by atoms with Crippen molar-refractivity contribution in [2.24, 2.45) is 11.1 Å². The molecule has 1 unspecified atom stereocenters. The molecule has 1 atom stereocenters. The maximum absolute atomic E-state index is 13.3. The molecule has 2 aromatic heterocycles. The van der Waals surface area contributed by atoms with Crippen LogP contribution in [0, 0.1) is 5.41 Å². The van der Waals surface area contributed by atoms with Crippen molar-refractivity contribution in [2.45, 2.75) is 19.3 Å². The van der Waals surface area contributed by atoms with Crippen LogP contribution in [0.25, 0.3) is 21.4 Å². The van der Waals surface area contributed by atoms with Crippen LogP contribution in [-0.2, 0) is 11.2 Å². The number of benzene rings is 2. The Labute approximate surface area is 190 Å². The molecular weight excluding hydrogens is 420 g/mol. The van der Waals surface area contributed by atoms with Crippen molar-refractivity contribution in [3.63, 3.8) is 0 Å². The third-order valence-corrected chi connectivity index (χ3v) is 7.26. The fourth-order valence-corrected chi connectivity index (χ4v) is 5.48. The maximum Gasteiger partial charge on any atom is 0.289 e. The molecule has 0 spiro atoms. The number of furan rings is 1. The first-order chi connectivity index (χ1) is 15.6. The van der Waals surface area contributed by atoms with Gasteiger partial charge in [-0.25, -0.2) is 0 Å². The Morgan fingerprint density at radius 1 is 1.06 bits per heavy atom. The Bertz CT molecular complexity index is 1240. The average molecular weight is 445 g/mol. The molecule has 3 heterocycles. The molecule has 162 valence electrons. The van der Waals surface area contributed by atoms with Gasteiger partial charge in [0.1, 0.15) is 5.58 Å². The third kappa shape index (κ3) is 3.71. The van der Waals surface area contributed by atoms with E-state index in [0.29, 0.717) is 30.7 Å². The number of hydrogen-bond donors (Lipinski definition) is 1. The molecule has 1 fully saturated rings. The second-order valence-corrected chi connectivity index (χ2v) is 9.38. The van der Waals surface area contributed by atoms with Crippen molar-refractivity contribution in [3.8, 4) is 10.4 Å². The number of primary amides is 1. The van der Waals surface area contributed by atoms with E-state index in [2.05, 4.69) is 18.2 Å². The topological polar surface area (TPSA) is 76.5 Å². The summed E-state index contributed by atoms with van der Waals surface area (Å²) in [5, 5.41) is 2.93. The fraction of sp³-hybridized carbons (Fsp3) is 0.231. The number of piperidine rings is 1. The highest BCUT2D eigenvalue weighted by Crippen LogP contribution is 2.38. The van der Waals surface area contributed by atoms with E-state index < -0.39 is 5.41 Å². The second kappa shape index (κ2) is 8.28. The Hall–Kier alpha value is -3.38. The molecule has 1 aliphatic heterocycles. The number of nitrogens with two attached hydrogens (primary N) is 1. The SMILES string of the molecule is NC(=O)C1(Cc2ccccc2-c2cccs2)CCCN(C(=O)c2cc3ccccc3o2)C1. The summed E-state index contributed by atoms with van der Waals surface area (Å²) in [6, 6.07) is 21.6. The van der Waals surface area contributed by atoms with Crippen LogP contribution in [0.2, 0.25) is 0 Å². The summed E-state index contributed by atoms with van der Waals surface area (Å²) in [5.41, 5.74) is 8.04. The van der Waals surface area contributed by atoms with Crippen molar-refractivity contribution in [1.29, 1.82) is 0 Å². The molecule has 0 bridgehead atoms. The van der Waals surface area contributed by atoms with Gasteiger partial charge in [-0.1, -0.05) is 48.5 Å². The lowest BCUT2D eigenvalue weighted by Crippen LogP contribution is -2.53. The monoisotopic (exact) mass is 444 g/mol. The van der Waals surface area contributed by atoms with Gasteiger partial charge in [-0.05, 0) is 54.0 Å².